The number of esters is 1. The number of methoxy groups -OCH3 is 1. The van der Waals surface area contributed by atoms with Crippen LogP contribution in [0.1, 0.15) is 29.5 Å². The number of ether oxygens (including phenoxy) is 1. The molecule has 4 heteroatoms. The number of likely N-dealkylation sites (tertiary alicyclic amines) is 1. The van der Waals surface area contributed by atoms with Crippen molar-refractivity contribution >= 4 is 5.97 Å². The maximum Gasteiger partial charge on any atom is 0.322 e. The lowest BCUT2D eigenvalue weighted by Crippen LogP contribution is -2.47. The normalized spacial score (nSPS) is 21.0. The van der Waals surface area contributed by atoms with Crippen LogP contribution in [0, 0.1) is 19.8 Å². The molecule has 1 aliphatic heterocycles. The van der Waals surface area contributed by atoms with E-state index in [0.717, 1.165) is 32.5 Å². The Labute approximate surface area is 127 Å². The van der Waals surface area contributed by atoms with E-state index in [1.165, 1.54) is 23.8 Å². The lowest BCUT2D eigenvalue weighted by molar-refractivity contribution is -0.144. The van der Waals surface area contributed by atoms with Gasteiger partial charge in [-0.3, -0.25) is 9.69 Å². The van der Waals surface area contributed by atoms with Gasteiger partial charge in [-0.2, -0.15) is 0 Å². The summed E-state index contributed by atoms with van der Waals surface area (Å²) in [4.78, 5) is 14.0. The van der Waals surface area contributed by atoms with Crippen LogP contribution < -0.4 is 5.73 Å². The Bertz CT molecular complexity index is 502. The average molecular weight is 290 g/mol. The third-order valence-electron chi connectivity index (χ3n) is 4.50. The molecule has 1 fully saturated rings. The molecule has 0 aromatic heterocycles. The number of aryl methyl sites for hydroxylation is 2. The van der Waals surface area contributed by atoms with Crippen LogP contribution in [0.5, 0.6) is 0 Å². The SMILES string of the molecule is COC(=O)C(N)C1CCCN(Cc2ccc(C)c(C)c2)C1. The van der Waals surface area contributed by atoms with E-state index in [-0.39, 0.29) is 11.9 Å². The highest BCUT2D eigenvalue weighted by Crippen LogP contribution is 2.22. The molecule has 0 amide bonds. The van der Waals surface area contributed by atoms with E-state index < -0.39 is 6.04 Å². The van der Waals surface area contributed by atoms with Gasteiger partial charge in [0.05, 0.1) is 7.11 Å². The van der Waals surface area contributed by atoms with Gasteiger partial charge in [0.15, 0.2) is 0 Å². The summed E-state index contributed by atoms with van der Waals surface area (Å²) in [5, 5.41) is 0. The van der Waals surface area contributed by atoms with Crippen LogP contribution in [0.3, 0.4) is 0 Å². The van der Waals surface area contributed by atoms with Crippen molar-refractivity contribution in [1.29, 1.82) is 0 Å². The van der Waals surface area contributed by atoms with E-state index in [4.69, 9.17) is 10.5 Å². The van der Waals surface area contributed by atoms with Gasteiger partial charge < -0.3 is 10.5 Å². The van der Waals surface area contributed by atoms with Crippen molar-refractivity contribution in [3.8, 4) is 0 Å². The lowest BCUT2D eigenvalue weighted by atomic mass is 9.91. The quantitative estimate of drug-likeness (QED) is 0.862. The van der Waals surface area contributed by atoms with Crippen molar-refractivity contribution in [3.63, 3.8) is 0 Å². The molecular formula is C17H26N2O2. The third kappa shape index (κ3) is 4.05. The molecular weight excluding hydrogens is 264 g/mol. The molecule has 1 saturated heterocycles. The Kier molecular flexibility index (Phi) is 5.37. The van der Waals surface area contributed by atoms with Gasteiger partial charge in [0.2, 0.25) is 0 Å². The summed E-state index contributed by atoms with van der Waals surface area (Å²) < 4.78 is 4.77. The first-order valence-corrected chi connectivity index (χ1v) is 7.63. The number of piperidine rings is 1. The number of nitrogens with zero attached hydrogens (tertiary/aromatic N) is 1. The molecule has 0 bridgehead atoms. The Morgan fingerprint density at radius 1 is 1.43 bits per heavy atom. The molecule has 2 atom stereocenters. The zero-order chi connectivity index (χ0) is 15.4. The standard InChI is InChI=1S/C17H26N2O2/c1-12-6-7-14(9-13(12)2)10-19-8-4-5-15(11-19)16(18)17(20)21-3/h6-7,9,15-16H,4-5,8,10-11,18H2,1-3H3. The number of carbonyl (C=O) groups is 1. The summed E-state index contributed by atoms with van der Waals surface area (Å²) >= 11 is 0. The highest BCUT2D eigenvalue weighted by Gasteiger charge is 2.29. The minimum Gasteiger partial charge on any atom is -0.468 e. The van der Waals surface area contributed by atoms with Crippen LogP contribution in [0.2, 0.25) is 0 Å². The van der Waals surface area contributed by atoms with Gasteiger partial charge in [0.1, 0.15) is 6.04 Å². The molecule has 116 valence electrons. The summed E-state index contributed by atoms with van der Waals surface area (Å²) in [6.07, 6.45) is 2.08. The molecule has 2 rings (SSSR count). The minimum absolute atomic E-state index is 0.192. The molecule has 4 nitrogen and oxygen atoms in total. The zero-order valence-electron chi connectivity index (χ0n) is 13.3. The van der Waals surface area contributed by atoms with Crippen molar-refractivity contribution in [1.82, 2.24) is 4.90 Å². The van der Waals surface area contributed by atoms with Crippen LogP contribution >= 0.6 is 0 Å². The van der Waals surface area contributed by atoms with Crippen LogP contribution in [0.15, 0.2) is 18.2 Å². The Hall–Kier alpha value is -1.39. The number of benzene rings is 1. The van der Waals surface area contributed by atoms with E-state index in [1.807, 2.05) is 0 Å². The topological polar surface area (TPSA) is 55.6 Å². The first kappa shape index (κ1) is 16.0. The van der Waals surface area contributed by atoms with Crippen LogP contribution in [0.4, 0.5) is 0 Å². The maximum atomic E-state index is 11.6. The van der Waals surface area contributed by atoms with Crippen LogP contribution in [0.25, 0.3) is 0 Å². The lowest BCUT2D eigenvalue weighted by Gasteiger charge is -2.34. The predicted molar refractivity (Wildman–Crippen MR) is 83.9 cm³/mol. The summed E-state index contributed by atoms with van der Waals surface area (Å²) in [6.45, 7) is 7.13. The second-order valence-electron chi connectivity index (χ2n) is 6.10. The molecule has 1 heterocycles. The molecule has 1 aromatic carbocycles. The van der Waals surface area contributed by atoms with Crippen LogP contribution in [-0.4, -0.2) is 37.1 Å². The Morgan fingerprint density at radius 2 is 2.19 bits per heavy atom. The first-order valence-electron chi connectivity index (χ1n) is 7.63. The van der Waals surface area contributed by atoms with E-state index in [1.54, 1.807) is 0 Å². The van der Waals surface area contributed by atoms with Gasteiger partial charge >= 0.3 is 5.97 Å². The molecule has 1 aliphatic rings. The second-order valence-corrected chi connectivity index (χ2v) is 6.10. The molecule has 2 N–H and O–H groups in total. The van der Waals surface area contributed by atoms with Gasteiger partial charge in [-0.25, -0.2) is 0 Å². The number of nitrogens with two attached hydrogens (primary N) is 1. The zero-order valence-corrected chi connectivity index (χ0v) is 13.3. The molecule has 1 aromatic rings. The largest absolute Gasteiger partial charge is 0.468 e. The highest BCUT2D eigenvalue weighted by molar-refractivity contribution is 5.75. The summed E-state index contributed by atoms with van der Waals surface area (Å²) in [5.41, 5.74) is 9.97. The fourth-order valence-corrected chi connectivity index (χ4v) is 3.02. The van der Waals surface area contributed by atoms with Crippen molar-refractivity contribution in [3.05, 3.63) is 34.9 Å². The number of carbonyl (C=O) groups excluding carboxylic acids is 1. The van der Waals surface area contributed by atoms with E-state index in [9.17, 15) is 4.79 Å². The molecule has 0 radical (unpaired) electrons. The number of hydrogen-bond donors (Lipinski definition) is 1. The number of hydrogen-bond acceptors (Lipinski definition) is 4. The van der Waals surface area contributed by atoms with E-state index >= 15 is 0 Å². The Morgan fingerprint density at radius 3 is 2.86 bits per heavy atom. The molecule has 0 saturated carbocycles. The predicted octanol–water partition coefficient (Wildman–Crippen LogP) is 2.02. The van der Waals surface area contributed by atoms with Gasteiger partial charge in [0, 0.05) is 13.1 Å². The molecule has 2 unspecified atom stereocenters. The smallest absolute Gasteiger partial charge is 0.322 e. The highest BCUT2D eigenvalue weighted by atomic mass is 16.5. The first-order chi connectivity index (χ1) is 10.0. The summed E-state index contributed by atoms with van der Waals surface area (Å²) in [5.74, 6) is -0.106. The summed E-state index contributed by atoms with van der Waals surface area (Å²) in [6, 6.07) is 6.11. The molecule has 0 spiro atoms. The monoisotopic (exact) mass is 290 g/mol. The minimum atomic E-state index is -0.502. The maximum absolute atomic E-state index is 11.6. The third-order valence-corrected chi connectivity index (χ3v) is 4.50. The van der Waals surface area contributed by atoms with Gasteiger partial charge in [-0.05, 0) is 55.8 Å². The van der Waals surface area contributed by atoms with Gasteiger partial charge in [0.25, 0.3) is 0 Å². The van der Waals surface area contributed by atoms with Crippen LogP contribution in [-0.2, 0) is 16.1 Å². The van der Waals surface area contributed by atoms with E-state index in [2.05, 4.69) is 36.9 Å². The van der Waals surface area contributed by atoms with Gasteiger partial charge in [-0.1, -0.05) is 18.2 Å². The average Bonchev–Trinajstić information content (AvgIpc) is 2.49. The summed E-state index contributed by atoms with van der Waals surface area (Å²) in [7, 11) is 1.40. The molecule has 21 heavy (non-hydrogen) atoms. The van der Waals surface area contributed by atoms with Crippen molar-refractivity contribution in [2.24, 2.45) is 11.7 Å². The fraction of sp³-hybridized carbons (Fsp3) is 0.588. The second kappa shape index (κ2) is 7.05. The number of rotatable bonds is 4. The van der Waals surface area contributed by atoms with Crippen molar-refractivity contribution in [2.75, 3.05) is 20.2 Å². The van der Waals surface area contributed by atoms with Gasteiger partial charge in [-0.15, -0.1) is 0 Å². The van der Waals surface area contributed by atoms with Crippen molar-refractivity contribution < 1.29 is 9.53 Å². The van der Waals surface area contributed by atoms with Crippen molar-refractivity contribution in [2.45, 2.75) is 39.3 Å². The van der Waals surface area contributed by atoms with E-state index in [0.29, 0.717) is 0 Å². The Balaban J connectivity index is 1.97. The fourth-order valence-electron chi connectivity index (χ4n) is 3.02. The molecule has 0 aliphatic carbocycles.